The zero-order valence-corrected chi connectivity index (χ0v) is 20.7. The van der Waals surface area contributed by atoms with Gasteiger partial charge in [0.1, 0.15) is 0 Å². The summed E-state index contributed by atoms with van der Waals surface area (Å²) in [5.74, 6) is 1.35. The lowest BCUT2D eigenvalue weighted by Gasteiger charge is -2.30. The van der Waals surface area contributed by atoms with Crippen molar-refractivity contribution in [2.45, 2.75) is 45.3 Å². The molecule has 0 atom stereocenters. The largest absolute Gasteiger partial charge is 0.352 e. The van der Waals surface area contributed by atoms with E-state index < -0.39 is 0 Å². The smallest absolute Gasteiger partial charge is 0.241 e. The number of likely N-dealkylation sites (tertiary alicyclic amines) is 2. The zero-order chi connectivity index (χ0) is 24.0. The number of benzene rings is 2. The van der Waals surface area contributed by atoms with E-state index in [-0.39, 0.29) is 11.8 Å². The van der Waals surface area contributed by atoms with Crippen LogP contribution < -0.4 is 5.32 Å². The molecule has 35 heavy (non-hydrogen) atoms. The summed E-state index contributed by atoms with van der Waals surface area (Å²) in [6.45, 7) is 6.23. The maximum atomic E-state index is 12.8. The molecular formula is C27H32ClN5O2. The highest BCUT2D eigenvalue weighted by Crippen LogP contribution is 2.22. The molecule has 2 saturated heterocycles. The SMILES string of the molecule is O=C(NCc1cccc(CN2CCCC2)c1)C1CCN(Cc2nc(-c3ccc(Cl)cc3)no2)CC1. The summed E-state index contributed by atoms with van der Waals surface area (Å²) in [7, 11) is 0. The summed E-state index contributed by atoms with van der Waals surface area (Å²) in [6.07, 6.45) is 4.26. The van der Waals surface area contributed by atoms with Crippen LogP contribution in [0.2, 0.25) is 5.02 Å². The Kier molecular flexibility index (Phi) is 7.76. The second-order valence-electron chi connectivity index (χ2n) is 9.59. The third-order valence-electron chi connectivity index (χ3n) is 6.95. The van der Waals surface area contributed by atoms with Crippen LogP contribution in [0.1, 0.15) is 42.7 Å². The lowest BCUT2D eigenvalue weighted by Crippen LogP contribution is -2.40. The molecule has 2 aromatic carbocycles. The van der Waals surface area contributed by atoms with Gasteiger partial charge < -0.3 is 9.84 Å². The first-order valence-corrected chi connectivity index (χ1v) is 12.9. The van der Waals surface area contributed by atoms with Gasteiger partial charge in [-0.3, -0.25) is 14.6 Å². The Balaban J connectivity index is 1.06. The molecule has 2 fully saturated rings. The fourth-order valence-corrected chi connectivity index (χ4v) is 5.08. The second kappa shape index (κ2) is 11.3. The quantitative estimate of drug-likeness (QED) is 0.497. The van der Waals surface area contributed by atoms with Crippen molar-refractivity contribution in [3.8, 4) is 11.4 Å². The van der Waals surface area contributed by atoms with Crippen molar-refractivity contribution in [3.63, 3.8) is 0 Å². The number of hydrogen-bond acceptors (Lipinski definition) is 6. The first-order valence-electron chi connectivity index (χ1n) is 12.5. The normalized spacial score (nSPS) is 17.6. The van der Waals surface area contributed by atoms with Gasteiger partial charge in [-0.2, -0.15) is 4.98 Å². The first kappa shape index (κ1) is 24.0. The minimum atomic E-state index is 0.0475. The predicted octanol–water partition coefficient (Wildman–Crippen LogP) is 4.51. The van der Waals surface area contributed by atoms with Gasteiger partial charge in [-0.15, -0.1) is 0 Å². The van der Waals surface area contributed by atoms with Crippen LogP contribution in [0.4, 0.5) is 0 Å². The van der Waals surface area contributed by atoms with E-state index in [4.69, 9.17) is 16.1 Å². The molecule has 2 aliphatic rings. The molecule has 5 rings (SSSR count). The third-order valence-corrected chi connectivity index (χ3v) is 7.20. The highest BCUT2D eigenvalue weighted by molar-refractivity contribution is 6.30. The van der Waals surface area contributed by atoms with E-state index in [2.05, 4.69) is 49.5 Å². The Morgan fingerprint density at radius 3 is 2.46 bits per heavy atom. The molecule has 7 nitrogen and oxygen atoms in total. The van der Waals surface area contributed by atoms with Crippen LogP contribution in [-0.4, -0.2) is 52.0 Å². The van der Waals surface area contributed by atoms with Gasteiger partial charge in [0, 0.05) is 29.6 Å². The number of piperidine rings is 1. The predicted molar refractivity (Wildman–Crippen MR) is 136 cm³/mol. The highest BCUT2D eigenvalue weighted by atomic mass is 35.5. The lowest BCUT2D eigenvalue weighted by molar-refractivity contribution is -0.126. The molecule has 184 valence electrons. The van der Waals surface area contributed by atoms with Crippen molar-refractivity contribution in [3.05, 3.63) is 70.6 Å². The number of carbonyl (C=O) groups is 1. The monoisotopic (exact) mass is 493 g/mol. The Morgan fingerprint density at radius 2 is 1.69 bits per heavy atom. The number of aromatic nitrogens is 2. The highest BCUT2D eigenvalue weighted by Gasteiger charge is 2.26. The fraction of sp³-hybridized carbons (Fsp3) is 0.444. The summed E-state index contributed by atoms with van der Waals surface area (Å²) >= 11 is 5.95. The molecule has 0 saturated carbocycles. The maximum absolute atomic E-state index is 12.8. The minimum absolute atomic E-state index is 0.0475. The van der Waals surface area contributed by atoms with Crippen LogP contribution >= 0.6 is 11.6 Å². The van der Waals surface area contributed by atoms with Crippen LogP contribution in [-0.2, 0) is 24.4 Å². The Labute approximate surface area is 211 Å². The third kappa shape index (κ3) is 6.48. The lowest BCUT2D eigenvalue weighted by atomic mass is 9.96. The van der Waals surface area contributed by atoms with Crippen LogP contribution in [0, 0.1) is 5.92 Å². The van der Waals surface area contributed by atoms with E-state index in [0.29, 0.717) is 29.8 Å². The molecule has 1 N–H and O–H groups in total. The van der Waals surface area contributed by atoms with E-state index in [1.54, 1.807) is 0 Å². The topological polar surface area (TPSA) is 74.5 Å². The number of carbonyl (C=O) groups excluding carboxylic acids is 1. The fourth-order valence-electron chi connectivity index (χ4n) is 4.95. The summed E-state index contributed by atoms with van der Waals surface area (Å²) in [4.78, 5) is 22.1. The Bertz CT molecular complexity index is 1120. The number of amides is 1. The van der Waals surface area contributed by atoms with Crippen molar-refractivity contribution in [1.82, 2.24) is 25.3 Å². The average molecular weight is 494 g/mol. The molecule has 0 bridgehead atoms. The number of rotatable bonds is 8. The molecular weight excluding hydrogens is 462 g/mol. The summed E-state index contributed by atoms with van der Waals surface area (Å²) in [6, 6.07) is 16.0. The first-order chi connectivity index (χ1) is 17.1. The minimum Gasteiger partial charge on any atom is -0.352 e. The number of nitrogens with one attached hydrogen (secondary N) is 1. The van der Waals surface area contributed by atoms with Gasteiger partial charge >= 0.3 is 0 Å². The molecule has 0 spiro atoms. The van der Waals surface area contributed by atoms with E-state index in [1.807, 2.05) is 24.3 Å². The standard InChI is InChI=1S/C27H32ClN5O2/c28-24-8-6-22(7-9-24)26-30-25(35-31-26)19-33-14-10-23(11-15-33)27(34)29-17-20-4-3-5-21(16-20)18-32-12-1-2-13-32/h3-9,16,23H,1-2,10-15,17-19H2,(H,29,34). The zero-order valence-electron chi connectivity index (χ0n) is 20.0. The van der Waals surface area contributed by atoms with Crippen LogP contribution in [0.15, 0.2) is 53.1 Å². The van der Waals surface area contributed by atoms with Crippen molar-refractivity contribution in [2.24, 2.45) is 5.92 Å². The molecule has 1 aromatic heterocycles. The Morgan fingerprint density at radius 1 is 0.971 bits per heavy atom. The van der Waals surface area contributed by atoms with Crippen LogP contribution in [0.3, 0.4) is 0 Å². The molecule has 0 unspecified atom stereocenters. The van der Waals surface area contributed by atoms with Gasteiger partial charge in [-0.05, 0) is 87.3 Å². The van der Waals surface area contributed by atoms with Gasteiger partial charge in [0.15, 0.2) is 0 Å². The summed E-state index contributed by atoms with van der Waals surface area (Å²) in [5, 5.41) is 7.92. The van der Waals surface area contributed by atoms with Gasteiger partial charge in [-0.1, -0.05) is 41.0 Å². The molecule has 2 aliphatic heterocycles. The molecule has 3 aromatic rings. The van der Waals surface area contributed by atoms with E-state index in [9.17, 15) is 4.79 Å². The van der Waals surface area contributed by atoms with Crippen molar-refractivity contribution >= 4 is 17.5 Å². The van der Waals surface area contributed by atoms with Crippen LogP contribution in [0.5, 0.6) is 0 Å². The van der Waals surface area contributed by atoms with Gasteiger partial charge in [0.2, 0.25) is 17.6 Å². The number of nitrogens with zero attached hydrogens (tertiary/aromatic N) is 4. The van der Waals surface area contributed by atoms with Crippen molar-refractivity contribution < 1.29 is 9.32 Å². The molecule has 0 aliphatic carbocycles. The van der Waals surface area contributed by atoms with Crippen LogP contribution in [0.25, 0.3) is 11.4 Å². The van der Waals surface area contributed by atoms with Crippen molar-refractivity contribution in [1.29, 1.82) is 0 Å². The summed E-state index contributed by atoms with van der Waals surface area (Å²) < 4.78 is 5.45. The number of halogens is 1. The van der Waals surface area contributed by atoms with Gasteiger partial charge in [0.05, 0.1) is 6.54 Å². The van der Waals surface area contributed by atoms with Gasteiger partial charge in [-0.25, -0.2) is 0 Å². The van der Waals surface area contributed by atoms with Crippen molar-refractivity contribution in [2.75, 3.05) is 26.2 Å². The van der Waals surface area contributed by atoms with Gasteiger partial charge in [0.25, 0.3) is 0 Å². The maximum Gasteiger partial charge on any atom is 0.241 e. The van der Waals surface area contributed by atoms with E-state index in [0.717, 1.165) is 38.0 Å². The molecule has 3 heterocycles. The average Bonchev–Trinajstić information content (AvgIpc) is 3.56. The molecule has 8 heteroatoms. The second-order valence-corrected chi connectivity index (χ2v) is 10.0. The number of hydrogen-bond donors (Lipinski definition) is 1. The summed E-state index contributed by atoms with van der Waals surface area (Å²) in [5.41, 5.74) is 3.37. The van der Waals surface area contributed by atoms with E-state index >= 15 is 0 Å². The molecule has 1 amide bonds. The molecule has 0 radical (unpaired) electrons. The Hall–Kier alpha value is -2.74. The van der Waals surface area contributed by atoms with E-state index in [1.165, 1.54) is 37.1 Å².